The first-order valence-corrected chi connectivity index (χ1v) is 3.74. The molecule has 68 valence electrons. The first-order chi connectivity index (χ1) is 6.74. The van der Waals surface area contributed by atoms with Crippen LogP contribution in [0.15, 0.2) is 18.5 Å². The Morgan fingerprint density at radius 3 is 3.07 bits per heavy atom. The van der Waals surface area contributed by atoms with Crippen molar-refractivity contribution in [1.82, 2.24) is 9.97 Å². The van der Waals surface area contributed by atoms with Gasteiger partial charge in [-0.25, -0.2) is 4.98 Å². The Morgan fingerprint density at radius 2 is 2.43 bits per heavy atom. The molecule has 0 aliphatic heterocycles. The normalized spacial score (nSPS) is 9.93. The number of aromatic nitrogens is 2. The fraction of sp³-hybridized carbons (Fsp3) is 0. The third kappa shape index (κ3) is 0.998. The minimum absolute atomic E-state index is 0.121. The lowest BCUT2D eigenvalue weighted by molar-refractivity contribution is -0.383. The summed E-state index contributed by atoms with van der Waals surface area (Å²) in [5, 5.41) is 19.6. The van der Waals surface area contributed by atoms with Crippen molar-refractivity contribution in [3.63, 3.8) is 0 Å². The highest BCUT2D eigenvalue weighted by Crippen LogP contribution is 2.26. The number of hydrogen-bond acceptors (Lipinski definition) is 4. The van der Waals surface area contributed by atoms with Gasteiger partial charge in [0, 0.05) is 6.20 Å². The number of nitrogens with zero attached hydrogens (tertiary/aromatic N) is 3. The first kappa shape index (κ1) is 8.19. The molecule has 0 amide bonds. The maximum absolute atomic E-state index is 10.6. The number of H-pyrrole nitrogens is 1. The SMILES string of the molecule is N#Cc1ccnc2[nH]cc([N+](=O)[O-])c12. The molecule has 0 saturated heterocycles. The van der Waals surface area contributed by atoms with Gasteiger partial charge in [0.15, 0.2) is 0 Å². The van der Waals surface area contributed by atoms with Crippen LogP contribution in [0, 0.1) is 21.4 Å². The Morgan fingerprint density at radius 1 is 1.64 bits per heavy atom. The fourth-order valence-electron chi connectivity index (χ4n) is 1.28. The van der Waals surface area contributed by atoms with Gasteiger partial charge in [0.1, 0.15) is 17.1 Å². The van der Waals surface area contributed by atoms with Gasteiger partial charge in [-0.05, 0) is 6.07 Å². The number of nitrogens with one attached hydrogen (secondary N) is 1. The van der Waals surface area contributed by atoms with E-state index in [1.165, 1.54) is 18.5 Å². The zero-order valence-electron chi connectivity index (χ0n) is 6.89. The van der Waals surface area contributed by atoms with Gasteiger partial charge in [0.2, 0.25) is 0 Å². The van der Waals surface area contributed by atoms with E-state index in [4.69, 9.17) is 5.26 Å². The predicted octanol–water partition coefficient (Wildman–Crippen LogP) is 1.34. The van der Waals surface area contributed by atoms with E-state index in [-0.39, 0.29) is 16.6 Å². The third-order valence-corrected chi connectivity index (χ3v) is 1.87. The van der Waals surface area contributed by atoms with Crippen LogP contribution < -0.4 is 0 Å². The summed E-state index contributed by atoms with van der Waals surface area (Å²) >= 11 is 0. The molecule has 14 heavy (non-hydrogen) atoms. The first-order valence-electron chi connectivity index (χ1n) is 3.74. The Balaban J connectivity index is 2.89. The largest absolute Gasteiger partial charge is 0.340 e. The number of hydrogen-bond donors (Lipinski definition) is 1. The summed E-state index contributed by atoms with van der Waals surface area (Å²) in [6.07, 6.45) is 2.67. The van der Waals surface area contributed by atoms with Crippen LogP contribution in [0.3, 0.4) is 0 Å². The second kappa shape index (κ2) is 2.81. The van der Waals surface area contributed by atoms with E-state index in [1.54, 1.807) is 0 Å². The lowest BCUT2D eigenvalue weighted by atomic mass is 10.2. The van der Waals surface area contributed by atoms with Crippen molar-refractivity contribution in [3.8, 4) is 6.07 Å². The molecule has 0 atom stereocenters. The van der Waals surface area contributed by atoms with Crippen LogP contribution >= 0.6 is 0 Å². The van der Waals surface area contributed by atoms with Gasteiger partial charge >= 0.3 is 0 Å². The highest BCUT2D eigenvalue weighted by Gasteiger charge is 2.17. The Labute approximate surface area is 78.0 Å². The van der Waals surface area contributed by atoms with E-state index in [1.807, 2.05) is 6.07 Å². The van der Waals surface area contributed by atoms with E-state index < -0.39 is 4.92 Å². The lowest BCUT2D eigenvalue weighted by Crippen LogP contribution is -1.87. The highest BCUT2D eigenvalue weighted by atomic mass is 16.6. The van der Waals surface area contributed by atoms with Crippen molar-refractivity contribution in [2.75, 3.05) is 0 Å². The van der Waals surface area contributed by atoms with Gasteiger partial charge in [-0.15, -0.1) is 0 Å². The molecule has 0 bridgehead atoms. The summed E-state index contributed by atoms with van der Waals surface area (Å²) in [6, 6.07) is 3.33. The van der Waals surface area contributed by atoms with Crippen LogP contribution in [-0.2, 0) is 0 Å². The van der Waals surface area contributed by atoms with E-state index in [9.17, 15) is 10.1 Å². The predicted molar refractivity (Wildman–Crippen MR) is 47.5 cm³/mol. The standard InChI is InChI=1S/C8H4N4O2/c9-3-5-1-2-10-8-7(5)6(4-11-8)12(13)14/h1-2,4H,(H,10,11). The molecule has 2 rings (SSSR count). The second-order valence-electron chi connectivity index (χ2n) is 2.62. The van der Waals surface area contributed by atoms with Gasteiger partial charge < -0.3 is 4.98 Å². The average Bonchev–Trinajstić information content (AvgIpc) is 2.60. The summed E-state index contributed by atoms with van der Waals surface area (Å²) in [5.41, 5.74) is 0.489. The van der Waals surface area contributed by atoms with Crippen LogP contribution in [0.1, 0.15) is 5.56 Å². The van der Waals surface area contributed by atoms with Crippen molar-refractivity contribution < 1.29 is 4.92 Å². The number of pyridine rings is 1. The molecular formula is C8H4N4O2. The molecule has 1 N–H and O–H groups in total. The maximum atomic E-state index is 10.6. The minimum Gasteiger partial charge on any atom is -0.340 e. The van der Waals surface area contributed by atoms with Crippen LogP contribution in [0.2, 0.25) is 0 Å². The molecule has 6 heteroatoms. The smallest absolute Gasteiger partial charge is 0.297 e. The molecule has 2 heterocycles. The van der Waals surface area contributed by atoms with E-state index >= 15 is 0 Å². The summed E-state index contributed by atoms with van der Waals surface area (Å²) in [4.78, 5) is 16.6. The molecule has 0 aromatic carbocycles. The highest BCUT2D eigenvalue weighted by molar-refractivity contribution is 5.91. The number of aromatic amines is 1. The van der Waals surface area contributed by atoms with Crippen LogP contribution in [0.5, 0.6) is 0 Å². The number of nitro groups is 1. The van der Waals surface area contributed by atoms with Crippen LogP contribution in [0.4, 0.5) is 5.69 Å². The van der Waals surface area contributed by atoms with Gasteiger partial charge in [-0.2, -0.15) is 5.26 Å². The van der Waals surface area contributed by atoms with Crippen LogP contribution in [0.25, 0.3) is 11.0 Å². The average molecular weight is 188 g/mol. The summed E-state index contributed by atoms with van der Waals surface area (Å²) in [6.45, 7) is 0. The van der Waals surface area contributed by atoms with Crippen LogP contribution in [-0.4, -0.2) is 14.9 Å². The minimum atomic E-state index is -0.540. The molecule has 0 aliphatic rings. The zero-order chi connectivity index (χ0) is 10.1. The molecule has 0 fully saturated rings. The number of nitriles is 1. The second-order valence-corrected chi connectivity index (χ2v) is 2.62. The van der Waals surface area contributed by atoms with Gasteiger partial charge in [0.05, 0.1) is 16.7 Å². The molecule has 6 nitrogen and oxygen atoms in total. The molecular weight excluding hydrogens is 184 g/mol. The molecule has 0 aliphatic carbocycles. The number of fused-ring (bicyclic) bond motifs is 1. The van der Waals surface area contributed by atoms with Gasteiger partial charge in [0.25, 0.3) is 5.69 Å². The summed E-state index contributed by atoms with van der Waals surface area (Å²) in [5.74, 6) is 0. The summed E-state index contributed by atoms with van der Waals surface area (Å²) in [7, 11) is 0. The Hall–Kier alpha value is -2.42. The summed E-state index contributed by atoms with van der Waals surface area (Å²) < 4.78 is 0. The molecule has 2 aromatic rings. The van der Waals surface area contributed by atoms with Crippen molar-refractivity contribution in [3.05, 3.63) is 34.1 Å². The monoisotopic (exact) mass is 188 g/mol. The zero-order valence-corrected chi connectivity index (χ0v) is 6.89. The van der Waals surface area contributed by atoms with E-state index in [2.05, 4.69) is 9.97 Å². The molecule has 0 unspecified atom stereocenters. The topological polar surface area (TPSA) is 95.6 Å². The van der Waals surface area contributed by atoms with Gasteiger partial charge in [-0.3, -0.25) is 10.1 Å². The van der Waals surface area contributed by atoms with Gasteiger partial charge in [-0.1, -0.05) is 0 Å². The molecule has 2 aromatic heterocycles. The van der Waals surface area contributed by atoms with Crippen molar-refractivity contribution in [2.24, 2.45) is 0 Å². The van der Waals surface area contributed by atoms with Crippen molar-refractivity contribution in [1.29, 1.82) is 5.26 Å². The number of rotatable bonds is 1. The van der Waals surface area contributed by atoms with E-state index in [0.717, 1.165) is 0 Å². The lowest BCUT2D eigenvalue weighted by Gasteiger charge is -1.91. The molecule has 0 radical (unpaired) electrons. The quantitative estimate of drug-likeness (QED) is 0.539. The molecule has 0 spiro atoms. The maximum Gasteiger partial charge on any atom is 0.297 e. The Bertz CT molecular complexity index is 552. The van der Waals surface area contributed by atoms with Crippen molar-refractivity contribution in [2.45, 2.75) is 0 Å². The Kier molecular flexibility index (Phi) is 1.65. The van der Waals surface area contributed by atoms with E-state index in [0.29, 0.717) is 5.65 Å². The molecule has 0 saturated carbocycles. The fourth-order valence-corrected chi connectivity index (χ4v) is 1.28. The van der Waals surface area contributed by atoms with Crippen molar-refractivity contribution >= 4 is 16.7 Å². The third-order valence-electron chi connectivity index (χ3n) is 1.87.